The Hall–Kier alpha value is -1.42. The van der Waals surface area contributed by atoms with Gasteiger partial charge in [0.05, 0.1) is 0 Å². The molecule has 4 nitrogen and oxygen atoms in total. The third-order valence-electron chi connectivity index (χ3n) is 5.51. The summed E-state index contributed by atoms with van der Waals surface area (Å²) in [6.45, 7) is 4.73. The summed E-state index contributed by atoms with van der Waals surface area (Å²) in [5, 5.41) is 15.1. The predicted octanol–water partition coefficient (Wildman–Crippen LogP) is 2.24. The Bertz CT molecular complexity index is 581. The van der Waals surface area contributed by atoms with Crippen LogP contribution in [0.15, 0.2) is 18.2 Å². The molecule has 4 rings (SSSR count). The molecule has 1 saturated carbocycles. The Morgan fingerprint density at radius 1 is 1.16 bits per heavy atom. The number of hydrogen-bond donors (Lipinski definition) is 2. The zero-order valence-electron chi connectivity index (χ0n) is 11.3. The van der Waals surface area contributed by atoms with Gasteiger partial charge in [-0.3, -0.25) is 0 Å². The molecule has 0 radical (unpaired) electrons. The molecule has 2 aromatic rings. The van der Waals surface area contributed by atoms with Gasteiger partial charge < -0.3 is 5.32 Å². The van der Waals surface area contributed by atoms with Crippen LogP contribution < -0.4 is 5.32 Å². The van der Waals surface area contributed by atoms with E-state index in [0.29, 0.717) is 0 Å². The number of aromatic amines is 1. The first-order valence-electron chi connectivity index (χ1n) is 7.31. The van der Waals surface area contributed by atoms with Gasteiger partial charge in [0.25, 0.3) is 0 Å². The summed E-state index contributed by atoms with van der Waals surface area (Å²) in [6, 6.07) is 6.44. The van der Waals surface area contributed by atoms with Gasteiger partial charge in [0.15, 0.2) is 0 Å². The van der Waals surface area contributed by atoms with E-state index in [0.717, 1.165) is 36.0 Å². The van der Waals surface area contributed by atoms with Crippen LogP contribution in [0.25, 0.3) is 11.0 Å². The van der Waals surface area contributed by atoms with Crippen LogP contribution in [0, 0.1) is 11.8 Å². The normalized spacial score (nSPS) is 34.6. The number of aromatic nitrogens is 3. The van der Waals surface area contributed by atoms with Crippen LogP contribution in [0.4, 0.5) is 0 Å². The van der Waals surface area contributed by atoms with Gasteiger partial charge in [-0.25, -0.2) is 0 Å². The second kappa shape index (κ2) is 4.04. The summed E-state index contributed by atoms with van der Waals surface area (Å²) in [4.78, 5) is 0. The molecule has 4 heteroatoms. The Morgan fingerprint density at radius 3 is 2.74 bits per heavy atom. The molecule has 1 aliphatic heterocycles. The van der Waals surface area contributed by atoms with E-state index in [9.17, 15) is 0 Å². The van der Waals surface area contributed by atoms with Gasteiger partial charge in [-0.2, -0.15) is 15.4 Å². The molecular formula is C15H20N4. The lowest BCUT2D eigenvalue weighted by atomic mass is 9.56. The molecule has 1 aromatic carbocycles. The second-order valence-electron chi connectivity index (χ2n) is 6.26. The van der Waals surface area contributed by atoms with Crippen molar-refractivity contribution in [1.82, 2.24) is 20.7 Å². The number of nitrogens with one attached hydrogen (secondary N) is 2. The highest BCUT2D eigenvalue weighted by atomic mass is 15.3. The fraction of sp³-hybridized carbons (Fsp3) is 0.600. The molecule has 19 heavy (non-hydrogen) atoms. The maximum Gasteiger partial charge on any atom is 0.116 e. The number of rotatable bonds is 1. The number of hydrogen-bond acceptors (Lipinski definition) is 3. The van der Waals surface area contributed by atoms with Crippen molar-refractivity contribution in [1.29, 1.82) is 0 Å². The predicted molar refractivity (Wildman–Crippen MR) is 74.9 cm³/mol. The Kier molecular flexibility index (Phi) is 2.42. The van der Waals surface area contributed by atoms with Crippen molar-refractivity contribution in [2.75, 3.05) is 13.1 Å². The van der Waals surface area contributed by atoms with Gasteiger partial charge in [0.1, 0.15) is 11.0 Å². The third kappa shape index (κ3) is 1.49. The lowest BCUT2D eigenvalue weighted by Crippen LogP contribution is -2.55. The first kappa shape index (κ1) is 11.4. The summed E-state index contributed by atoms with van der Waals surface area (Å²) >= 11 is 0. The molecule has 1 aromatic heterocycles. The summed E-state index contributed by atoms with van der Waals surface area (Å²) in [7, 11) is 0. The molecule has 1 aliphatic carbocycles. The summed E-state index contributed by atoms with van der Waals surface area (Å²) < 4.78 is 0. The van der Waals surface area contributed by atoms with E-state index in [1.165, 1.54) is 24.8 Å². The summed E-state index contributed by atoms with van der Waals surface area (Å²) in [6.07, 6.45) is 4.03. The van der Waals surface area contributed by atoms with Crippen molar-refractivity contribution in [3.63, 3.8) is 0 Å². The highest BCUT2D eigenvalue weighted by molar-refractivity contribution is 5.78. The van der Waals surface area contributed by atoms with Gasteiger partial charge >= 0.3 is 0 Å². The molecule has 2 N–H and O–H groups in total. The Labute approximate surface area is 113 Å². The first-order chi connectivity index (χ1) is 9.30. The van der Waals surface area contributed by atoms with Crippen molar-refractivity contribution in [3.8, 4) is 0 Å². The van der Waals surface area contributed by atoms with Crippen LogP contribution in [0.2, 0.25) is 0 Å². The maximum atomic E-state index is 4.41. The molecule has 100 valence electrons. The second-order valence-corrected chi connectivity index (χ2v) is 6.26. The smallest absolute Gasteiger partial charge is 0.116 e. The van der Waals surface area contributed by atoms with E-state index in [-0.39, 0.29) is 5.41 Å². The highest BCUT2D eigenvalue weighted by Crippen LogP contribution is 2.50. The van der Waals surface area contributed by atoms with Crippen LogP contribution in [0.5, 0.6) is 0 Å². The lowest BCUT2D eigenvalue weighted by molar-refractivity contribution is 0.0829. The van der Waals surface area contributed by atoms with Gasteiger partial charge in [-0.1, -0.05) is 25.5 Å². The fourth-order valence-electron chi connectivity index (χ4n) is 4.35. The van der Waals surface area contributed by atoms with E-state index in [1.807, 2.05) is 6.07 Å². The molecule has 0 amide bonds. The van der Waals surface area contributed by atoms with E-state index in [1.54, 1.807) is 0 Å². The Morgan fingerprint density at radius 2 is 1.95 bits per heavy atom. The highest BCUT2D eigenvalue weighted by Gasteiger charge is 2.48. The number of H-pyrrole nitrogens is 1. The van der Waals surface area contributed by atoms with Crippen molar-refractivity contribution in [3.05, 3.63) is 23.8 Å². The maximum absolute atomic E-state index is 4.41. The van der Waals surface area contributed by atoms with Gasteiger partial charge in [0, 0.05) is 5.41 Å². The monoisotopic (exact) mass is 256 g/mol. The van der Waals surface area contributed by atoms with Crippen molar-refractivity contribution >= 4 is 11.0 Å². The van der Waals surface area contributed by atoms with E-state index in [4.69, 9.17) is 0 Å². The molecule has 0 spiro atoms. The third-order valence-corrected chi connectivity index (χ3v) is 5.51. The summed E-state index contributed by atoms with van der Waals surface area (Å²) in [5.41, 5.74) is 3.72. The van der Waals surface area contributed by atoms with Gasteiger partial charge in [0.2, 0.25) is 0 Å². The lowest BCUT2D eigenvalue weighted by Gasteiger charge is -2.52. The average Bonchev–Trinajstić information content (AvgIpc) is 2.85. The van der Waals surface area contributed by atoms with Crippen LogP contribution >= 0.6 is 0 Å². The van der Waals surface area contributed by atoms with Crippen LogP contribution in [0.3, 0.4) is 0 Å². The van der Waals surface area contributed by atoms with Crippen molar-refractivity contribution in [2.24, 2.45) is 11.8 Å². The zero-order valence-corrected chi connectivity index (χ0v) is 11.3. The fourth-order valence-corrected chi connectivity index (χ4v) is 4.35. The molecule has 2 atom stereocenters. The molecule has 2 unspecified atom stereocenters. The van der Waals surface area contributed by atoms with Gasteiger partial charge in [-0.05, 0) is 49.4 Å². The molecule has 2 heterocycles. The standard InChI is InChI=1S/C15H20N4/c1-15(10-4-2-5-11(15)9-16-8-10)12-6-3-7-13-14(12)18-19-17-13/h3,6-7,10-11,16H,2,4-5,8-9H2,1H3,(H,17,18,19). The molecular weight excluding hydrogens is 236 g/mol. The first-order valence-corrected chi connectivity index (χ1v) is 7.31. The average molecular weight is 256 g/mol. The van der Waals surface area contributed by atoms with Crippen LogP contribution in [-0.4, -0.2) is 28.5 Å². The number of piperidine rings is 1. The van der Waals surface area contributed by atoms with Crippen LogP contribution in [0.1, 0.15) is 31.7 Å². The summed E-state index contributed by atoms with van der Waals surface area (Å²) in [5.74, 6) is 1.45. The SMILES string of the molecule is CC1(c2cccc3n[nH]nc23)C2CCCC1CNC2. The quantitative estimate of drug-likeness (QED) is 0.822. The largest absolute Gasteiger partial charge is 0.316 e. The minimum Gasteiger partial charge on any atom is -0.316 e. The van der Waals surface area contributed by atoms with Crippen molar-refractivity contribution in [2.45, 2.75) is 31.6 Å². The molecule has 1 saturated heterocycles. The number of nitrogens with zero attached hydrogens (tertiary/aromatic N) is 2. The Balaban J connectivity index is 1.92. The minimum absolute atomic E-state index is 0.250. The van der Waals surface area contributed by atoms with Crippen LogP contribution in [-0.2, 0) is 5.41 Å². The molecule has 2 bridgehead atoms. The van der Waals surface area contributed by atoms with E-state index < -0.39 is 0 Å². The molecule has 2 aliphatic rings. The molecule has 2 fully saturated rings. The number of fused-ring (bicyclic) bond motifs is 3. The van der Waals surface area contributed by atoms with Gasteiger partial charge in [-0.15, -0.1) is 0 Å². The minimum atomic E-state index is 0.250. The topological polar surface area (TPSA) is 53.6 Å². The number of para-hydroxylation sites is 1. The van der Waals surface area contributed by atoms with E-state index >= 15 is 0 Å². The van der Waals surface area contributed by atoms with Crippen molar-refractivity contribution < 1.29 is 0 Å². The zero-order chi connectivity index (χ0) is 12.9. The number of benzene rings is 1. The van der Waals surface area contributed by atoms with E-state index in [2.05, 4.69) is 39.8 Å².